The molecule has 2 N–H and O–H groups in total. The predicted octanol–water partition coefficient (Wildman–Crippen LogP) is 3.24. The van der Waals surface area contributed by atoms with E-state index in [9.17, 15) is 19.3 Å². The van der Waals surface area contributed by atoms with E-state index < -0.39 is 10.7 Å². The molecule has 2 aromatic carbocycles. The number of carbonyl (C=O) groups excluding carboxylic acids is 1. The van der Waals surface area contributed by atoms with Crippen molar-refractivity contribution in [2.75, 3.05) is 31.1 Å². The molecule has 1 aliphatic rings. The van der Waals surface area contributed by atoms with Gasteiger partial charge in [-0.1, -0.05) is 12.1 Å². The summed E-state index contributed by atoms with van der Waals surface area (Å²) >= 11 is 5.04. The quantitative estimate of drug-likeness (QED) is 0.399. The summed E-state index contributed by atoms with van der Waals surface area (Å²) in [7, 11) is 0. The standard InChI is InChI=1S/C18H16FN5O3S/c19-11-9-12(16-13(10-11)20-18(28)21-16)17(25)23-7-5-22(6-8-23)14-3-1-2-4-15(14)24(26)27/h1-4,9-10H,5-8H2,(H2,20,21,28). The number of hydrogen-bond acceptors (Lipinski definition) is 5. The molecule has 1 saturated heterocycles. The van der Waals surface area contributed by atoms with Crippen molar-refractivity contribution in [3.8, 4) is 0 Å². The fourth-order valence-electron chi connectivity index (χ4n) is 3.48. The molecule has 1 aliphatic heterocycles. The average molecular weight is 401 g/mol. The smallest absolute Gasteiger partial charge is 0.292 e. The molecule has 2 heterocycles. The second kappa shape index (κ2) is 7.04. The second-order valence-electron chi connectivity index (χ2n) is 6.48. The molecule has 0 spiro atoms. The Bertz CT molecular complexity index is 1130. The van der Waals surface area contributed by atoms with Crippen LogP contribution in [0.3, 0.4) is 0 Å². The van der Waals surface area contributed by atoms with Gasteiger partial charge in [0, 0.05) is 32.2 Å². The molecule has 0 unspecified atom stereocenters. The number of aromatic nitrogens is 2. The van der Waals surface area contributed by atoms with E-state index >= 15 is 0 Å². The topological polar surface area (TPSA) is 98.3 Å². The molecule has 1 fully saturated rings. The number of para-hydroxylation sites is 2. The largest absolute Gasteiger partial charge is 0.362 e. The Morgan fingerprint density at radius 1 is 1.14 bits per heavy atom. The average Bonchev–Trinajstić information content (AvgIpc) is 3.06. The number of anilines is 1. The number of halogens is 1. The zero-order valence-corrected chi connectivity index (χ0v) is 15.5. The number of piperazine rings is 1. The molecule has 1 amide bonds. The summed E-state index contributed by atoms with van der Waals surface area (Å²) in [6.07, 6.45) is 0. The highest BCUT2D eigenvalue weighted by atomic mass is 32.1. The third-order valence-electron chi connectivity index (χ3n) is 4.81. The summed E-state index contributed by atoms with van der Waals surface area (Å²) in [5.74, 6) is -0.836. The molecule has 3 aromatic rings. The van der Waals surface area contributed by atoms with Crippen molar-refractivity contribution in [3.05, 3.63) is 62.7 Å². The number of fused-ring (bicyclic) bond motifs is 1. The number of benzene rings is 2. The van der Waals surface area contributed by atoms with Crippen LogP contribution in [0, 0.1) is 20.7 Å². The predicted molar refractivity (Wildman–Crippen MR) is 105 cm³/mol. The molecule has 144 valence electrons. The monoisotopic (exact) mass is 401 g/mol. The number of nitro groups is 1. The van der Waals surface area contributed by atoms with Gasteiger partial charge in [0.2, 0.25) is 0 Å². The number of amides is 1. The summed E-state index contributed by atoms with van der Waals surface area (Å²) in [5.41, 5.74) is 1.68. The van der Waals surface area contributed by atoms with Gasteiger partial charge in [-0.15, -0.1) is 0 Å². The summed E-state index contributed by atoms with van der Waals surface area (Å²) < 4.78 is 14.2. The minimum absolute atomic E-state index is 0.0361. The number of nitrogens with one attached hydrogen (secondary N) is 2. The van der Waals surface area contributed by atoms with Gasteiger partial charge in [0.05, 0.1) is 21.5 Å². The highest BCUT2D eigenvalue weighted by Crippen LogP contribution is 2.29. The highest BCUT2D eigenvalue weighted by molar-refractivity contribution is 7.71. The van der Waals surface area contributed by atoms with Crippen LogP contribution in [-0.4, -0.2) is 51.9 Å². The summed E-state index contributed by atoms with van der Waals surface area (Å²) in [6, 6.07) is 9.01. The second-order valence-corrected chi connectivity index (χ2v) is 6.89. The lowest BCUT2D eigenvalue weighted by Crippen LogP contribution is -2.49. The van der Waals surface area contributed by atoms with Gasteiger partial charge in [0.1, 0.15) is 11.5 Å². The number of nitrogens with zero attached hydrogens (tertiary/aromatic N) is 3. The number of H-pyrrole nitrogens is 2. The maximum Gasteiger partial charge on any atom is 0.292 e. The fourth-order valence-corrected chi connectivity index (χ4v) is 3.69. The Kier molecular flexibility index (Phi) is 4.55. The molecular weight excluding hydrogens is 385 g/mol. The zero-order chi connectivity index (χ0) is 19.8. The molecule has 0 radical (unpaired) electrons. The van der Waals surface area contributed by atoms with Crippen LogP contribution in [0.15, 0.2) is 36.4 Å². The van der Waals surface area contributed by atoms with E-state index in [-0.39, 0.29) is 17.2 Å². The van der Waals surface area contributed by atoms with Crippen molar-refractivity contribution < 1.29 is 14.1 Å². The number of imidazole rings is 1. The first-order valence-corrected chi connectivity index (χ1v) is 9.04. The summed E-state index contributed by atoms with van der Waals surface area (Å²) in [4.78, 5) is 33.0. The molecule has 8 nitrogen and oxygen atoms in total. The third kappa shape index (κ3) is 3.22. The third-order valence-corrected chi connectivity index (χ3v) is 5.01. The van der Waals surface area contributed by atoms with Crippen LogP contribution in [0.1, 0.15) is 10.4 Å². The van der Waals surface area contributed by atoms with E-state index in [0.29, 0.717) is 47.7 Å². The van der Waals surface area contributed by atoms with Crippen molar-refractivity contribution in [1.82, 2.24) is 14.9 Å². The minimum Gasteiger partial charge on any atom is -0.362 e. The molecule has 0 atom stereocenters. The first-order chi connectivity index (χ1) is 13.4. The van der Waals surface area contributed by atoms with Crippen molar-refractivity contribution in [2.45, 2.75) is 0 Å². The number of rotatable bonds is 3. The molecule has 28 heavy (non-hydrogen) atoms. The van der Waals surface area contributed by atoms with Gasteiger partial charge in [-0.3, -0.25) is 14.9 Å². The van der Waals surface area contributed by atoms with Gasteiger partial charge in [-0.25, -0.2) is 4.39 Å². The lowest BCUT2D eigenvalue weighted by molar-refractivity contribution is -0.384. The van der Waals surface area contributed by atoms with Crippen LogP contribution in [0.2, 0.25) is 0 Å². The fraction of sp³-hybridized carbons (Fsp3) is 0.222. The van der Waals surface area contributed by atoms with E-state index in [2.05, 4.69) is 9.97 Å². The highest BCUT2D eigenvalue weighted by Gasteiger charge is 2.27. The Labute approximate surface area is 163 Å². The van der Waals surface area contributed by atoms with Crippen LogP contribution in [0.5, 0.6) is 0 Å². The van der Waals surface area contributed by atoms with Crippen molar-refractivity contribution in [3.63, 3.8) is 0 Å². The molecule has 0 saturated carbocycles. The van der Waals surface area contributed by atoms with Gasteiger partial charge in [0.25, 0.3) is 11.6 Å². The Balaban J connectivity index is 1.56. The van der Waals surface area contributed by atoms with E-state index in [4.69, 9.17) is 12.2 Å². The van der Waals surface area contributed by atoms with Crippen molar-refractivity contribution in [1.29, 1.82) is 0 Å². The van der Waals surface area contributed by atoms with Crippen LogP contribution < -0.4 is 4.90 Å². The Morgan fingerprint density at radius 3 is 2.57 bits per heavy atom. The summed E-state index contributed by atoms with van der Waals surface area (Å²) in [6.45, 7) is 1.62. The maximum absolute atomic E-state index is 13.9. The Morgan fingerprint density at radius 2 is 1.86 bits per heavy atom. The molecule has 10 heteroatoms. The normalized spacial score (nSPS) is 14.5. The lowest BCUT2D eigenvalue weighted by atomic mass is 10.1. The zero-order valence-electron chi connectivity index (χ0n) is 14.6. The van der Waals surface area contributed by atoms with Gasteiger partial charge in [0.15, 0.2) is 4.77 Å². The first kappa shape index (κ1) is 18.1. The molecule has 1 aromatic heterocycles. The van der Waals surface area contributed by atoms with Gasteiger partial charge in [-0.05, 0) is 30.4 Å². The number of hydrogen-bond donors (Lipinski definition) is 2. The van der Waals surface area contributed by atoms with Gasteiger partial charge in [-0.2, -0.15) is 0 Å². The first-order valence-electron chi connectivity index (χ1n) is 8.63. The molecule has 0 bridgehead atoms. The van der Waals surface area contributed by atoms with Gasteiger partial charge < -0.3 is 19.8 Å². The van der Waals surface area contributed by atoms with Crippen LogP contribution in [0.4, 0.5) is 15.8 Å². The molecule has 0 aliphatic carbocycles. The maximum atomic E-state index is 13.9. The van der Waals surface area contributed by atoms with Crippen molar-refractivity contribution >= 4 is 40.5 Å². The van der Waals surface area contributed by atoms with Gasteiger partial charge >= 0.3 is 0 Å². The van der Waals surface area contributed by atoms with Crippen molar-refractivity contribution in [2.24, 2.45) is 0 Å². The summed E-state index contributed by atoms with van der Waals surface area (Å²) in [5, 5.41) is 11.2. The molecule has 4 rings (SSSR count). The minimum atomic E-state index is -0.528. The number of aromatic amines is 2. The number of carbonyl (C=O) groups is 1. The Hall–Kier alpha value is -3.27. The number of nitro benzene ring substituents is 1. The lowest BCUT2D eigenvalue weighted by Gasteiger charge is -2.35. The van der Waals surface area contributed by atoms with Crippen LogP contribution >= 0.6 is 12.2 Å². The van der Waals surface area contributed by atoms with E-state index in [1.165, 1.54) is 18.2 Å². The molecular formula is C18H16FN5O3S. The van der Waals surface area contributed by atoms with Crippen LogP contribution in [-0.2, 0) is 0 Å². The van der Waals surface area contributed by atoms with E-state index in [1.807, 2.05) is 4.90 Å². The SMILES string of the molecule is O=C(c1cc(F)cc2[nH]c(=S)[nH]c12)N1CCN(c2ccccc2[N+](=O)[O-])CC1. The van der Waals surface area contributed by atoms with Crippen LogP contribution in [0.25, 0.3) is 11.0 Å². The van der Waals surface area contributed by atoms with E-state index in [1.54, 1.807) is 23.1 Å². The van der Waals surface area contributed by atoms with E-state index in [0.717, 1.165) is 0 Å².